The molecular formula is C12H12O3. The largest absolute Gasteiger partial charge is 0.497 e. The lowest BCUT2D eigenvalue weighted by Gasteiger charge is -2.16. The van der Waals surface area contributed by atoms with Crippen LogP contribution in [0.1, 0.15) is 12.5 Å². The Morgan fingerprint density at radius 3 is 2.93 bits per heavy atom. The van der Waals surface area contributed by atoms with Gasteiger partial charge in [0, 0.05) is 17.6 Å². The van der Waals surface area contributed by atoms with Crippen LogP contribution in [0, 0.1) is 0 Å². The lowest BCUT2D eigenvalue weighted by atomic mass is 10.0. The second kappa shape index (κ2) is 3.77. The Morgan fingerprint density at radius 1 is 1.47 bits per heavy atom. The number of Topliss-reactive ketones (excluding diaryl/α,β-unsaturated/α-hetero) is 1. The van der Waals surface area contributed by atoms with Crippen LogP contribution in [0.4, 0.5) is 0 Å². The molecule has 0 saturated carbocycles. The molecule has 78 valence electrons. The van der Waals surface area contributed by atoms with Crippen molar-refractivity contribution in [1.29, 1.82) is 0 Å². The number of hydrogen-bond acceptors (Lipinski definition) is 3. The Hall–Kier alpha value is -1.77. The van der Waals surface area contributed by atoms with Gasteiger partial charge in [0.2, 0.25) is 0 Å². The quantitative estimate of drug-likeness (QED) is 0.740. The Labute approximate surface area is 88.3 Å². The van der Waals surface area contributed by atoms with E-state index in [0.29, 0.717) is 12.0 Å². The smallest absolute Gasteiger partial charge is 0.159 e. The van der Waals surface area contributed by atoms with E-state index in [1.54, 1.807) is 14.0 Å². The average Bonchev–Trinajstić information content (AvgIpc) is 2.27. The first-order valence-corrected chi connectivity index (χ1v) is 4.74. The summed E-state index contributed by atoms with van der Waals surface area (Å²) in [5.41, 5.74) is 1.68. The monoisotopic (exact) mass is 204 g/mol. The summed E-state index contributed by atoms with van der Waals surface area (Å²) in [5.74, 6) is 1.62. The van der Waals surface area contributed by atoms with Gasteiger partial charge in [-0.25, -0.2) is 0 Å². The maximum absolute atomic E-state index is 11.2. The molecule has 3 heteroatoms. The molecule has 0 fully saturated rings. The highest BCUT2D eigenvalue weighted by molar-refractivity contribution is 5.93. The van der Waals surface area contributed by atoms with Gasteiger partial charge in [0.15, 0.2) is 5.78 Å². The van der Waals surface area contributed by atoms with Crippen LogP contribution in [-0.4, -0.2) is 12.9 Å². The van der Waals surface area contributed by atoms with Crippen molar-refractivity contribution in [2.24, 2.45) is 0 Å². The molecule has 2 rings (SSSR count). The fraction of sp³-hybridized carbons (Fsp3) is 0.250. The maximum Gasteiger partial charge on any atom is 0.159 e. The zero-order valence-corrected chi connectivity index (χ0v) is 8.74. The number of methoxy groups -OCH3 is 1. The third-order valence-corrected chi connectivity index (χ3v) is 2.43. The van der Waals surface area contributed by atoms with Crippen LogP contribution in [-0.2, 0) is 11.2 Å². The van der Waals surface area contributed by atoms with Gasteiger partial charge < -0.3 is 9.47 Å². The predicted octanol–water partition coefficient (Wildman–Crippen LogP) is 2.10. The second-order valence-electron chi connectivity index (χ2n) is 3.47. The molecule has 1 aromatic rings. The topological polar surface area (TPSA) is 35.5 Å². The molecule has 1 aromatic carbocycles. The summed E-state index contributed by atoms with van der Waals surface area (Å²) in [7, 11) is 1.62. The molecule has 1 heterocycles. The van der Waals surface area contributed by atoms with Crippen molar-refractivity contribution >= 4 is 5.78 Å². The molecule has 0 spiro atoms. The van der Waals surface area contributed by atoms with E-state index in [2.05, 4.69) is 0 Å². The molecule has 0 aromatic heterocycles. The number of ether oxygens (including phenoxy) is 2. The predicted molar refractivity (Wildman–Crippen MR) is 56.1 cm³/mol. The molecule has 0 unspecified atom stereocenters. The third kappa shape index (κ3) is 1.86. The van der Waals surface area contributed by atoms with Gasteiger partial charge in [0.1, 0.15) is 11.5 Å². The summed E-state index contributed by atoms with van der Waals surface area (Å²) < 4.78 is 10.5. The van der Waals surface area contributed by atoms with Crippen molar-refractivity contribution in [3.63, 3.8) is 0 Å². The SMILES string of the molecule is COc1ccc2c(c1)CC(C(C)=O)=CO2. The van der Waals surface area contributed by atoms with E-state index in [9.17, 15) is 4.79 Å². The number of allylic oxidation sites excluding steroid dienone is 1. The number of hydrogen-bond donors (Lipinski definition) is 0. The molecule has 15 heavy (non-hydrogen) atoms. The van der Waals surface area contributed by atoms with Crippen LogP contribution in [0.15, 0.2) is 30.0 Å². The summed E-state index contributed by atoms with van der Waals surface area (Å²) in [6.07, 6.45) is 2.14. The lowest BCUT2D eigenvalue weighted by Crippen LogP contribution is -2.08. The van der Waals surface area contributed by atoms with Gasteiger partial charge in [-0.2, -0.15) is 0 Å². The van der Waals surface area contributed by atoms with E-state index in [0.717, 1.165) is 17.1 Å². The number of ketones is 1. The summed E-state index contributed by atoms with van der Waals surface area (Å²) in [6, 6.07) is 5.58. The molecule has 3 nitrogen and oxygen atoms in total. The van der Waals surface area contributed by atoms with Crippen LogP contribution >= 0.6 is 0 Å². The molecule has 1 aliphatic heterocycles. The van der Waals surface area contributed by atoms with Crippen LogP contribution in [0.2, 0.25) is 0 Å². The van der Waals surface area contributed by atoms with E-state index in [-0.39, 0.29) is 5.78 Å². The first kappa shape index (κ1) is 9.77. The van der Waals surface area contributed by atoms with Crippen LogP contribution in [0.25, 0.3) is 0 Å². The van der Waals surface area contributed by atoms with Crippen molar-refractivity contribution in [3.8, 4) is 11.5 Å². The highest BCUT2D eigenvalue weighted by atomic mass is 16.5. The summed E-state index contributed by atoms with van der Waals surface area (Å²) in [6.45, 7) is 1.54. The maximum atomic E-state index is 11.2. The van der Waals surface area contributed by atoms with Crippen LogP contribution < -0.4 is 9.47 Å². The highest BCUT2D eigenvalue weighted by Gasteiger charge is 2.15. The number of carbonyl (C=O) groups is 1. The normalized spacial score (nSPS) is 13.6. The zero-order valence-electron chi connectivity index (χ0n) is 8.74. The number of rotatable bonds is 2. The van der Waals surface area contributed by atoms with Crippen molar-refractivity contribution in [2.45, 2.75) is 13.3 Å². The fourth-order valence-electron chi connectivity index (χ4n) is 1.52. The molecule has 1 aliphatic rings. The Morgan fingerprint density at radius 2 is 2.27 bits per heavy atom. The van der Waals surface area contributed by atoms with Gasteiger partial charge in [-0.3, -0.25) is 4.79 Å². The van der Waals surface area contributed by atoms with E-state index >= 15 is 0 Å². The minimum absolute atomic E-state index is 0.0449. The standard InChI is InChI=1S/C12H12O3/c1-8(13)10-5-9-6-11(14-2)3-4-12(9)15-7-10/h3-4,6-7H,5H2,1-2H3. The molecule has 0 bridgehead atoms. The molecule has 0 radical (unpaired) electrons. The number of carbonyl (C=O) groups excluding carboxylic acids is 1. The number of fused-ring (bicyclic) bond motifs is 1. The Bertz CT molecular complexity index is 432. The summed E-state index contributed by atoms with van der Waals surface area (Å²) >= 11 is 0. The molecule has 0 N–H and O–H groups in total. The lowest BCUT2D eigenvalue weighted by molar-refractivity contribution is -0.113. The van der Waals surface area contributed by atoms with Crippen molar-refractivity contribution in [3.05, 3.63) is 35.6 Å². The molecule has 0 aliphatic carbocycles. The molecule has 0 saturated heterocycles. The molecule has 0 atom stereocenters. The second-order valence-corrected chi connectivity index (χ2v) is 3.47. The van der Waals surface area contributed by atoms with E-state index in [4.69, 9.17) is 9.47 Å². The van der Waals surface area contributed by atoms with Crippen molar-refractivity contribution in [2.75, 3.05) is 7.11 Å². The van der Waals surface area contributed by atoms with Crippen LogP contribution in [0.5, 0.6) is 11.5 Å². The van der Waals surface area contributed by atoms with Gasteiger partial charge in [-0.05, 0) is 25.1 Å². The fourth-order valence-corrected chi connectivity index (χ4v) is 1.52. The highest BCUT2D eigenvalue weighted by Crippen LogP contribution is 2.30. The van der Waals surface area contributed by atoms with Gasteiger partial charge in [0.05, 0.1) is 13.4 Å². The van der Waals surface area contributed by atoms with E-state index in [1.807, 2.05) is 18.2 Å². The summed E-state index contributed by atoms with van der Waals surface area (Å²) in [5, 5.41) is 0. The van der Waals surface area contributed by atoms with Gasteiger partial charge in [0.25, 0.3) is 0 Å². The average molecular weight is 204 g/mol. The molecule has 0 amide bonds. The van der Waals surface area contributed by atoms with Gasteiger partial charge in [-0.1, -0.05) is 0 Å². The van der Waals surface area contributed by atoms with E-state index in [1.165, 1.54) is 6.26 Å². The van der Waals surface area contributed by atoms with Gasteiger partial charge >= 0.3 is 0 Å². The Balaban J connectivity index is 2.32. The van der Waals surface area contributed by atoms with Crippen LogP contribution in [0.3, 0.4) is 0 Å². The minimum Gasteiger partial charge on any atom is -0.497 e. The number of benzene rings is 1. The minimum atomic E-state index is 0.0449. The van der Waals surface area contributed by atoms with Gasteiger partial charge in [-0.15, -0.1) is 0 Å². The summed E-state index contributed by atoms with van der Waals surface area (Å²) in [4.78, 5) is 11.2. The van der Waals surface area contributed by atoms with Crippen molar-refractivity contribution in [1.82, 2.24) is 0 Å². The first-order chi connectivity index (χ1) is 7.20. The van der Waals surface area contributed by atoms with Crippen molar-refractivity contribution < 1.29 is 14.3 Å². The first-order valence-electron chi connectivity index (χ1n) is 4.74. The van der Waals surface area contributed by atoms with E-state index < -0.39 is 0 Å². The zero-order chi connectivity index (χ0) is 10.8. The molecular weight excluding hydrogens is 192 g/mol. The Kier molecular flexibility index (Phi) is 2.46. The third-order valence-electron chi connectivity index (χ3n) is 2.43.